The van der Waals surface area contributed by atoms with E-state index in [1.807, 2.05) is 6.07 Å². The lowest BCUT2D eigenvalue weighted by molar-refractivity contribution is 0.0714. The Morgan fingerprint density at radius 1 is 1.03 bits per heavy atom. The molecule has 4 nitrogen and oxygen atoms in total. The van der Waals surface area contributed by atoms with Crippen LogP contribution in [0.4, 0.5) is 4.39 Å². The van der Waals surface area contributed by atoms with E-state index >= 15 is 0 Å². The molecule has 4 aromatic rings. The van der Waals surface area contributed by atoms with Crippen molar-refractivity contribution < 1.29 is 13.6 Å². The molecule has 0 saturated heterocycles. The second kappa shape index (κ2) is 7.62. The third-order valence-electron chi connectivity index (χ3n) is 5.36. The summed E-state index contributed by atoms with van der Waals surface area (Å²) >= 11 is 9.60. The molecule has 0 saturated carbocycles. The Labute approximate surface area is 190 Å². The first kappa shape index (κ1) is 20.0. The number of rotatable bonds is 3. The summed E-state index contributed by atoms with van der Waals surface area (Å²) in [6.07, 6.45) is 0. The predicted molar refractivity (Wildman–Crippen MR) is 120 cm³/mol. The molecule has 0 spiro atoms. The average molecular weight is 499 g/mol. The van der Waals surface area contributed by atoms with Gasteiger partial charge in [-0.15, -0.1) is 0 Å². The van der Waals surface area contributed by atoms with Crippen LogP contribution >= 0.6 is 27.5 Å². The van der Waals surface area contributed by atoms with Crippen molar-refractivity contribution in [2.45, 2.75) is 12.6 Å². The van der Waals surface area contributed by atoms with Gasteiger partial charge in [0.25, 0.3) is 5.91 Å². The quantitative estimate of drug-likeness (QED) is 0.343. The summed E-state index contributed by atoms with van der Waals surface area (Å²) in [6.45, 7) is 0.181. The summed E-state index contributed by atoms with van der Waals surface area (Å²) in [4.78, 5) is 28.4. The second-order valence-corrected chi connectivity index (χ2v) is 8.68. The highest BCUT2D eigenvalue weighted by Gasteiger charge is 2.42. The number of nitrogens with zero attached hydrogens (tertiary/aromatic N) is 1. The molecular weight excluding hydrogens is 485 g/mol. The highest BCUT2D eigenvalue weighted by molar-refractivity contribution is 9.10. The molecule has 2 heterocycles. The van der Waals surface area contributed by atoms with E-state index in [-0.39, 0.29) is 29.1 Å². The first-order valence-corrected chi connectivity index (χ1v) is 10.7. The minimum absolute atomic E-state index is 0.0203. The van der Waals surface area contributed by atoms with Crippen molar-refractivity contribution in [3.8, 4) is 0 Å². The first-order chi connectivity index (χ1) is 14.9. The van der Waals surface area contributed by atoms with Crippen LogP contribution in [-0.2, 0) is 6.54 Å². The van der Waals surface area contributed by atoms with Crippen molar-refractivity contribution in [1.82, 2.24) is 4.90 Å². The van der Waals surface area contributed by atoms with Gasteiger partial charge < -0.3 is 9.32 Å². The number of benzene rings is 3. The van der Waals surface area contributed by atoms with Crippen molar-refractivity contribution in [1.29, 1.82) is 0 Å². The fourth-order valence-electron chi connectivity index (χ4n) is 3.97. The predicted octanol–water partition coefficient (Wildman–Crippen LogP) is 6.09. The van der Waals surface area contributed by atoms with Gasteiger partial charge in [0.15, 0.2) is 5.43 Å². The number of carbonyl (C=O) groups is 1. The van der Waals surface area contributed by atoms with Crippen LogP contribution in [0, 0.1) is 5.82 Å². The standard InChI is InChI=1S/C24H14BrClFNO3/c25-15-6-9-19-18(11-15)22(29)20-21(14-2-1-3-16(26)10-14)28(24(30)23(20)31-19)12-13-4-7-17(27)8-5-13/h1-11,21H,12H2/t21-/m0/s1. The van der Waals surface area contributed by atoms with Gasteiger partial charge in [0.05, 0.1) is 17.0 Å². The van der Waals surface area contributed by atoms with Crippen molar-refractivity contribution in [2.75, 3.05) is 0 Å². The van der Waals surface area contributed by atoms with Crippen LogP contribution in [0.5, 0.6) is 0 Å². The van der Waals surface area contributed by atoms with Crippen LogP contribution in [-0.4, -0.2) is 10.8 Å². The van der Waals surface area contributed by atoms with Crippen LogP contribution in [0.15, 0.2) is 80.4 Å². The largest absolute Gasteiger partial charge is 0.450 e. The molecule has 0 unspecified atom stereocenters. The van der Waals surface area contributed by atoms with E-state index in [1.54, 1.807) is 53.4 Å². The van der Waals surface area contributed by atoms with Crippen LogP contribution in [0.2, 0.25) is 5.02 Å². The maximum atomic E-state index is 13.5. The number of hydrogen-bond acceptors (Lipinski definition) is 3. The van der Waals surface area contributed by atoms with Crippen LogP contribution in [0.25, 0.3) is 11.0 Å². The molecular formula is C24H14BrClFNO3. The van der Waals surface area contributed by atoms with E-state index in [1.165, 1.54) is 12.1 Å². The minimum atomic E-state index is -0.675. The number of halogens is 3. The van der Waals surface area contributed by atoms with Gasteiger partial charge in [-0.05, 0) is 53.6 Å². The number of carbonyl (C=O) groups excluding carboxylic acids is 1. The molecule has 7 heteroatoms. The molecule has 1 aliphatic rings. The molecule has 1 amide bonds. The van der Waals surface area contributed by atoms with E-state index in [0.717, 1.165) is 10.0 Å². The van der Waals surface area contributed by atoms with Crippen molar-refractivity contribution in [3.63, 3.8) is 0 Å². The Balaban J connectivity index is 1.73. The summed E-state index contributed by atoms with van der Waals surface area (Å²) in [5, 5.41) is 0.879. The monoisotopic (exact) mass is 497 g/mol. The van der Waals surface area contributed by atoms with E-state index < -0.39 is 11.9 Å². The van der Waals surface area contributed by atoms with E-state index in [2.05, 4.69) is 15.9 Å². The Bertz CT molecular complexity index is 1400. The maximum absolute atomic E-state index is 13.5. The molecule has 0 bridgehead atoms. The molecule has 1 atom stereocenters. The fraction of sp³-hybridized carbons (Fsp3) is 0.0833. The van der Waals surface area contributed by atoms with Gasteiger partial charge in [-0.2, -0.15) is 0 Å². The van der Waals surface area contributed by atoms with Gasteiger partial charge in [0.2, 0.25) is 5.76 Å². The lowest BCUT2D eigenvalue weighted by Gasteiger charge is -2.25. The summed E-state index contributed by atoms with van der Waals surface area (Å²) in [6, 6.07) is 17.4. The molecule has 3 aromatic carbocycles. The van der Waals surface area contributed by atoms with Crippen LogP contribution in [0.1, 0.15) is 33.3 Å². The zero-order valence-electron chi connectivity index (χ0n) is 15.9. The molecule has 0 fully saturated rings. The van der Waals surface area contributed by atoms with Gasteiger partial charge in [0, 0.05) is 16.0 Å². The molecule has 31 heavy (non-hydrogen) atoms. The highest BCUT2D eigenvalue weighted by atomic mass is 79.9. The topological polar surface area (TPSA) is 50.5 Å². The normalized spacial score (nSPS) is 15.5. The lowest BCUT2D eigenvalue weighted by Crippen LogP contribution is -2.29. The van der Waals surface area contributed by atoms with E-state index in [9.17, 15) is 14.0 Å². The Morgan fingerprint density at radius 2 is 1.81 bits per heavy atom. The lowest BCUT2D eigenvalue weighted by atomic mass is 9.98. The zero-order chi connectivity index (χ0) is 21.7. The zero-order valence-corrected chi connectivity index (χ0v) is 18.3. The summed E-state index contributed by atoms with van der Waals surface area (Å²) in [5.41, 5.74) is 1.78. The molecule has 1 aromatic heterocycles. The van der Waals surface area contributed by atoms with E-state index in [0.29, 0.717) is 21.6 Å². The smallest absolute Gasteiger partial charge is 0.291 e. The third kappa shape index (κ3) is 3.46. The number of hydrogen-bond donors (Lipinski definition) is 0. The van der Waals surface area contributed by atoms with Crippen LogP contribution in [0.3, 0.4) is 0 Å². The number of amides is 1. The van der Waals surface area contributed by atoms with Crippen LogP contribution < -0.4 is 5.43 Å². The highest BCUT2D eigenvalue weighted by Crippen LogP contribution is 2.39. The molecule has 154 valence electrons. The van der Waals surface area contributed by atoms with Gasteiger partial charge in [-0.1, -0.05) is 51.8 Å². The maximum Gasteiger partial charge on any atom is 0.291 e. The summed E-state index contributed by atoms with van der Waals surface area (Å²) in [5.74, 6) is -0.738. The van der Waals surface area contributed by atoms with Gasteiger partial charge in [-0.3, -0.25) is 9.59 Å². The van der Waals surface area contributed by atoms with Gasteiger partial charge >= 0.3 is 0 Å². The third-order valence-corrected chi connectivity index (χ3v) is 6.09. The summed E-state index contributed by atoms with van der Waals surface area (Å²) < 4.78 is 20.0. The number of fused-ring (bicyclic) bond motifs is 2. The Kier molecular flexibility index (Phi) is 4.91. The Morgan fingerprint density at radius 3 is 2.55 bits per heavy atom. The fourth-order valence-corrected chi connectivity index (χ4v) is 4.53. The van der Waals surface area contributed by atoms with Crippen molar-refractivity contribution in [2.24, 2.45) is 0 Å². The Hall–Kier alpha value is -2.96. The molecule has 0 radical (unpaired) electrons. The van der Waals surface area contributed by atoms with Gasteiger partial charge in [-0.25, -0.2) is 4.39 Å². The van der Waals surface area contributed by atoms with Crippen molar-refractivity contribution in [3.05, 3.63) is 115 Å². The summed E-state index contributed by atoms with van der Waals surface area (Å²) in [7, 11) is 0. The second-order valence-electron chi connectivity index (χ2n) is 7.33. The molecule has 0 N–H and O–H groups in total. The van der Waals surface area contributed by atoms with E-state index in [4.69, 9.17) is 16.0 Å². The minimum Gasteiger partial charge on any atom is -0.450 e. The van der Waals surface area contributed by atoms with Gasteiger partial charge in [0.1, 0.15) is 11.4 Å². The molecule has 5 rings (SSSR count). The molecule has 0 aliphatic carbocycles. The average Bonchev–Trinajstić information content (AvgIpc) is 3.02. The first-order valence-electron chi connectivity index (χ1n) is 9.49. The molecule has 1 aliphatic heterocycles. The SMILES string of the molecule is O=C1c2oc3ccc(Br)cc3c(=O)c2[C@H](c2cccc(Cl)c2)N1Cc1ccc(F)cc1. The van der Waals surface area contributed by atoms with Crippen molar-refractivity contribution >= 4 is 44.4 Å².